The van der Waals surface area contributed by atoms with Crippen LogP contribution < -0.4 is 14.8 Å². The molecule has 0 aliphatic heterocycles. The summed E-state index contributed by atoms with van der Waals surface area (Å²) >= 11 is 0. The minimum atomic E-state index is -0.0606. The summed E-state index contributed by atoms with van der Waals surface area (Å²) in [7, 11) is 3.15. The third-order valence-electron chi connectivity index (χ3n) is 3.04. The van der Waals surface area contributed by atoms with Gasteiger partial charge in [-0.1, -0.05) is 19.8 Å². The Hall–Kier alpha value is -1.71. The molecule has 0 aromatic heterocycles. The number of unbranched alkanes of at least 4 members (excludes halogenated alkanes) is 2. The molecule has 0 fully saturated rings. The number of methoxy groups -OCH3 is 2. The molecule has 0 spiro atoms. The lowest BCUT2D eigenvalue weighted by atomic mass is 10.1. The van der Waals surface area contributed by atoms with Crippen molar-refractivity contribution in [3.05, 3.63) is 23.3 Å². The second kappa shape index (κ2) is 7.67. The smallest absolute Gasteiger partial charge is 0.251 e. The monoisotopic (exact) mass is 265 g/mol. The highest BCUT2D eigenvalue weighted by molar-refractivity contribution is 5.96. The fourth-order valence-corrected chi connectivity index (χ4v) is 1.90. The summed E-state index contributed by atoms with van der Waals surface area (Å²) in [6.07, 6.45) is 3.28. The Labute approximate surface area is 115 Å². The van der Waals surface area contributed by atoms with Crippen LogP contribution in [0.4, 0.5) is 0 Å². The lowest BCUT2D eigenvalue weighted by Crippen LogP contribution is -2.25. The van der Waals surface area contributed by atoms with E-state index in [-0.39, 0.29) is 5.91 Å². The van der Waals surface area contributed by atoms with Gasteiger partial charge in [0.15, 0.2) is 11.5 Å². The van der Waals surface area contributed by atoms with Gasteiger partial charge in [-0.05, 0) is 31.0 Å². The molecule has 0 saturated carbocycles. The largest absolute Gasteiger partial charge is 0.493 e. The molecule has 0 radical (unpaired) electrons. The molecule has 0 saturated heterocycles. The third kappa shape index (κ3) is 4.16. The van der Waals surface area contributed by atoms with Crippen LogP contribution in [-0.2, 0) is 0 Å². The van der Waals surface area contributed by atoms with Gasteiger partial charge >= 0.3 is 0 Å². The molecule has 4 nitrogen and oxygen atoms in total. The zero-order valence-corrected chi connectivity index (χ0v) is 12.2. The molecule has 1 aromatic rings. The Morgan fingerprint density at radius 2 is 1.79 bits per heavy atom. The number of amides is 1. The van der Waals surface area contributed by atoms with Crippen molar-refractivity contribution in [2.45, 2.75) is 33.1 Å². The molecule has 1 aromatic carbocycles. The van der Waals surface area contributed by atoms with Crippen molar-refractivity contribution in [3.63, 3.8) is 0 Å². The molecule has 19 heavy (non-hydrogen) atoms. The van der Waals surface area contributed by atoms with Crippen LogP contribution in [0.3, 0.4) is 0 Å². The van der Waals surface area contributed by atoms with E-state index in [0.29, 0.717) is 23.6 Å². The van der Waals surface area contributed by atoms with Crippen LogP contribution in [0.25, 0.3) is 0 Å². The van der Waals surface area contributed by atoms with E-state index >= 15 is 0 Å². The molecular formula is C15H23NO3. The number of aryl methyl sites for hydroxylation is 1. The molecule has 1 N–H and O–H groups in total. The van der Waals surface area contributed by atoms with Gasteiger partial charge in [0.1, 0.15) is 0 Å². The lowest BCUT2D eigenvalue weighted by Gasteiger charge is -2.12. The summed E-state index contributed by atoms with van der Waals surface area (Å²) in [4.78, 5) is 12.1. The Kier molecular flexibility index (Phi) is 6.19. The van der Waals surface area contributed by atoms with Gasteiger partial charge in [-0.2, -0.15) is 0 Å². The number of nitrogens with one attached hydrogen (secondary N) is 1. The molecule has 4 heteroatoms. The van der Waals surface area contributed by atoms with E-state index in [1.807, 2.05) is 13.0 Å². The summed E-state index contributed by atoms with van der Waals surface area (Å²) in [5.41, 5.74) is 1.51. The SMILES string of the molecule is CCCCCNC(=O)c1cc(OC)c(OC)cc1C. The molecular weight excluding hydrogens is 242 g/mol. The second-order valence-electron chi connectivity index (χ2n) is 4.49. The molecule has 0 aliphatic rings. The number of carbonyl (C=O) groups excluding carboxylic acids is 1. The van der Waals surface area contributed by atoms with Crippen LogP contribution in [0.15, 0.2) is 12.1 Å². The minimum absolute atomic E-state index is 0.0606. The number of hydrogen-bond donors (Lipinski definition) is 1. The van der Waals surface area contributed by atoms with Crippen molar-refractivity contribution < 1.29 is 14.3 Å². The van der Waals surface area contributed by atoms with E-state index in [9.17, 15) is 4.79 Å². The quantitative estimate of drug-likeness (QED) is 0.771. The maximum absolute atomic E-state index is 12.1. The normalized spacial score (nSPS) is 10.1. The van der Waals surface area contributed by atoms with Crippen molar-refractivity contribution >= 4 is 5.91 Å². The van der Waals surface area contributed by atoms with Gasteiger partial charge < -0.3 is 14.8 Å². The Morgan fingerprint density at radius 3 is 2.37 bits per heavy atom. The lowest BCUT2D eigenvalue weighted by molar-refractivity contribution is 0.0952. The van der Waals surface area contributed by atoms with Crippen molar-refractivity contribution in [1.29, 1.82) is 0 Å². The van der Waals surface area contributed by atoms with Crippen LogP contribution in [0.2, 0.25) is 0 Å². The van der Waals surface area contributed by atoms with E-state index in [2.05, 4.69) is 12.2 Å². The second-order valence-corrected chi connectivity index (χ2v) is 4.49. The Morgan fingerprint density at radius 1 is 1.16 bits per heavy atom. The van der Waals surface area contributed by atoms with E-state index < -0.39 is 0 Å². The summed E-state index contributed by atoms with van der Waals surface area (Å²) in [6.45, 7) is 4.74. The predicted octanol–water partition coefficient (Wildman–Crippen LogP) is 2.93. The average molecular weight is 265 g/mol. The van der Waals surface area contributed by atoms with Crippen molar-refractivity contribution in [2.24, 2.45) is 0 Å². The van der Waals surface area contributed by atoms with Gasteiger partial charge in [0, 0.05) is 12.1 Å². The van der Waals surface area contributed by atoms with Crippen LogP contribution >= 0.6 is 0 Å². The number of ether oxygens (including phenoxy) is 2. The van der Waals surface area contributed by atoms with Gasteiger partial charge in [0.2, 0.25) is 0 Å². The van der Waals surface area contributed by atoms with Gasteiger partial charge in [-0.25, -0.2) is 0 Å². The van der Waals surface area contributed by atoms with E-state index in [0.717, 1.165) is 24.8 Å². The van der Waals surface area contributed by atoms with Gasteiger partial charge in [-0.3, -0.25) is 4.79 Å². The number of benzene rings is 1. The van der Waals surface area contributed by atoms with Crippen LogP contribution in [0.1, 0.15) is 42.1 Å². The van der Waals surface area contributed by atoms with Crippen molar-refractivity contribution in [2.75, 3.05) is 20.8 Å². The van der Waals surface area contributed by atoms with Gasteiger partial charge in [-0.15, -0.1) is 0 Å². The molecule has 1 amide bonds. The zero-order chi connectivity index (χ0) is 14.3. The van der Waals surface area contributed by atoms with Gasteiger partial charge in [0.05, 0.1) is 14.2 Å². The minimum Gasteiger partial charge on any atom is -0.493 e. The number of hydrogen-bond acceptors (Lipinski definition) is 3. The zero-order valence-electron chi connectivity index (χ0n) is 12.2. The summed E-state index contributed by atoms with van der Waals surface area (Å²) in [6, 6.07) is 3.54. The molecule has 0 bridgehead atoms. The van der Waals surface area contributed by atoms with E-state index in [4.69, 9.17) is 9.47 Å². The molecule has 0 atom stereocenters. The molecule has 0 aliphatic carbocycles. The summed E-state index contributed by atoms with van der Waals surface area (Å²) < 4.78 is 10.4. The topological polar surface area (TPSA) is 47.6 Å². The first-order chi connectivity index (χ1) is 9.13. The van der Waals surface area contributed by atoms with Crippen molar-refractivity contribution in [3.8, 4) is 11.5 Å². The third-order valence-corrected chi connectivity index (χ3v) is 3.04. The van der Waals surface area contributed by atoms with Crippen molar-refractivity contribution in [1.82, 2.24) is 5.32 Å². The van der Waals surface area contributed by atoms with Crippen LogP contribution in [0, 0.1) is 6.92 Å². The summed E-state index contributed by atoms with van der Waals surface area (Å²) in [5, 5.41) is 2.93. The van der Waals surface area contributed by atoms with E-state index in [1.54, 1.807) is 20.3 Å². The first-order valence-electron chi connectivity index (χ1n) is 6.64. The maximum atomic E-state index is 12.1. The van der Waals surface area contributed by atoms with Crippen LogP contribution in [-0.4, -0.2) is 26.7 Å². The highest BCUT2D eigenvalue weighted by Gasteiger charge is 2.13. The van der Waals surface area contributed by atoms with Crippen LogP contribution in [0.5, 0.6) is 11.5 Å². The summed E-state index contributed by atoms with van der Waals surface area (Å²) in [5.74, 6) is 1.16. The molecule has 0 unspecified atom stereocenters. The number of rotatable bonds is 7. The maximum Gasteiger partial charge on any atom is 0.251 e. The fourth-order valence-electron chi connectivity index (χ4n) is 1.90. The molecule has 0 heterocycles. The fraction of sp³-hybridized carbons (Fsp3) is 0.533. The highest BCUT2D eigenvalue weighted by Crippen LogP contribution is 2.30. The first-order valence-corrected chi connectivity index (χ1v) is 6.64. The average Bonchev–Trinajstić information content (AvgIpc) is 2.42. The Balaban J connectivity index is 2.79. The Bertz CT molecular complexity index is 430. The molecule has 106 valence electrons. The molecule has 1 rings (SSSR count). The number of carbonyl (C=O) groups is 1. The van der Waals surface area contributed by atoms with E-state index in [1.165, 1.54) is 0 Å². The first kappa shape index (κ1) is 15.3. The highest BCUT2D eigenvalue weighted by atomic mass is 16.5. The standard InChI is InChI=1S/C15H23NO3/c1-5-6-7-8-16-15(17)12-10-14(19-4)13(18-3)9-11(12)2/h9-10H,5-8H2,1-4H3,(H,16,17). The predicted molar refractivity (Wildman–Crippen MR) is 76.1 cm³/mol. The van der Waals surface area contributed by atoms with Gasteiger partial charge in [0.25, 0.3) is 5.91 Å².